The second kappa shape index (κ2) is 5.47. The maximum atomic E-state index is 11.3. The van der Waals surface area contributed by atoms with E-state index in [0.29, 0.717) is 12.1 Å². The minimum absolute atomic E-state index is 0.115. The molecule has 0 saturated carbocycles. The van der Waals surface area contributed by atoms with Crippen molar-refractivity contribution in [1.82, 2.24) is 10.2 Å². The van der Waals surface area contributed by atoms with Gasteiger partial charge in [0.15, 0.2) is 0 Å². The van der Waals surface area contributed by atoms with E-state index in [1.54, 1.807) is 0 Å². The van der Waals surface area contributed by atoms with Crippen molar-refractivity contribution in [2.24, 2.45) is 0 Å². The van der Waals surface area contributed by atoms with E-state index >= 15 is 0 Å². The van der Waals surface area contributed by atoms with Gasteiger partial charge in [0.05, 0.1) is 5.75 Å². The summed E-state index contributed by atoms with van der Waals surface area (Å²) in [5, 5.41) is 3.44. The first-order valence-corrected chi connectivity index (χ1v) is 8.06. The third kappa shape index (κ3) is 4.03. The molecule has 1 N–H and O–H groups in total. The van der Waals surface area contributed by atoms with Gasteiger partial charge in [-0.3, -0.25) is 4.90 Å². The molecular weight excluding hydrogens is 224 g/mol. The van der Waals surface area contributed by atoms with Crippen molar-refractivity contribution in [1.29, 1.82) is 0 Å². The van der Waals surface area contributed by atoms with Crippen LogP contribution in [0.4, 0.5) is 0 Å². The van der Waals surface area contributed by atoms with Crippen LogP contribution >= 0.6 is 0 Å². The predicted octanol–water partition coefficient (Wildman–Crippen LogP) is 0.492. The summed E-state index contributed by atoms with van der Waals surface area (Å²) in [5.74, 6) is 0.260. The molecule has 0 aromatic carbocycles. The lowest BCUT2D eigenvalue weighted by Crippen LogP contribution is -2.58. The topological polar surface area (TPSA) is 49.4 Å². The number of hydrogen-bond acceptors (Lipinski definition) is 4. The summed E-state index contributed by atoms with van der Waals surface area (Å²) >= 11 is 0. The highest BCUT2D eigenvalue weighted by Gasteiger charge is 2.29. The smallest absolute Gasteiger partial charge is 0.148 e. The van der Waals surface area contributed by atoms with Gasteiger partial charge in [0.1, 0.15) is 9.84 Å². The number of nitrogens with zero attached hydrogens (tertiary/aromatic N) is 1. The average Bonchev–Trinajstić information content (AvgIpc) is 2.15. The monoisotopic (exact) mass is 248 g/mol. The summed E-state index contributed by atoms with van der Waals surface area (Å²) in [6.45, 7) is 8.22. The largest absolute Gasteiger partial charge is 0.311 e. The summed E-state index contributed by atoms with van der Waals surface area (Å²) in [5.41, 5.74) is 0. The lowest BCUT2D eigenvalue weighted by Gasteiger charge is -2.42. The summed E-state index contributed by atoms with van der Waals surface area (Å²) in [6, 6.07) is 1.03. The van der Waals surface area contributed by atoms with E-state index in [9.17, 15) is 8.42 Å². The Morgan fingerprint density at radius 3 is 2.62 bits per heavy atom. The van der Waals surface area contributed by atoms with Gasteiger partial charge in [0.25, 0.3) is 0 Å². The van der Waals surface area contributed by atoms with E-state index in [4.69, 9.17) is 0 Å². The zero-order valence-electron chi connectivity index (χ0n) is 10.7. The molecule has 1 aliphatic rings. The van der Waals surface area contributed by atoms with Crippen LogP contribution in [0.3, 0.4) is 0 Å². The predicted molar refractivity (Wildman–Crippen MR) is 67.4 cm³/mol. The molecule has 96 valence electrons. The van der Waals surface area contributed by atoms with Crippen molar-refractivity contribution in [2.75, 3.05) is 25.1 Å². The second-order valence-corrected chi connectivity index (χ2v) is 7.19. The van der Waals surface area contributed by atoms with Gasteiger partial charge in [-0.05, 0) is 20.3 Å². The zero-order chi connectivity index (χ0) is 12.3. The van der Waals surface area contributed by atoms with E-state index < -0.39 is 9.84 Å². The fourth-order valence-corrected chi connectivity index (χ4v) is 3.50. The van der Waals surface area contributed by atoms with E-state index in [0.717, 1.165) is 19.5 Å². The second-order valence-electron chi connectivity index (χ2n) is 5.01. The normalized spacial score (nSPS) is 30.2. The molecule has 3 atom stereocenters. The molecule has 1 fully saturated rings. The van der Waals surface area contributed by atoms with Gasteiger partial charge in [0, 0.05) is 37.5 Å². The van der Waals surface area contributed by atoms with Crippen molar-refractivity contribution in [2.45, 2.75) is 45.3 Å². The lowest BCUT2D eigenvalue weighted by atomic mass is 10.1. The Labute approximate surface area is 99.3 Å². The molecule has 0 aromatic heterocycles. The molecule has 0 aromatic rings. The highest BCUT2D eigenvalue weighted by atomic mass is 32.2. The molecule has 0 radical (unpaired) electrons. The Morgan fingerprint density at radius 1 is 1.50 bits per heavy atom. The van der Waals surface area contributed by atoms with Crippen LogP contribution in [0.2, 0.25) is 0 Å². The molecule has 0 spiro atoms. The van der Waals surface area contributed by atoms with Crippen LogP contribution in [-0.2, 0) is 9.84 Å². The molecule has 0 bridgehead atoms. The molecule has 3 unspecified atom stereocenters. The van der Waals surface area contributed by atoms with Crippen LogP contribution in [0.25, 0.3) is 0 Å². The summed E-state index contributed by atoms with van der Waals surface area (Å²) in [6.07, 6.45) is 2.38. The standard InChI is InChI=1S/C11H24N2O2S/c1-5-11-6-12-9(2)7-13(11)10(3)8-16(4,14)15/h9-12H,5-8H2,1-4H3. The Kier molecular flexibility index (Phi) is 4.76. The zero-order valence-corrected chi connectivity index (χ0v) is 11.5. The molecule has 16 heavy (non-hydrogen) atoms. The van der Waals surface area contributed by atoms with E-state index in [1.807, 2.05) is 6.92 Å². The first-order valence-electron chi connectivity index (χ1n) is 6.00. The molecule has 1 aliphatic heterocycles. The van der Waals surface area contributed by atoms with Crippen molar-refractivity contribution in [3.8, 4) is 0 Å². The maximum Gasteiger partial charge on any atom is 0.148 e. The van der Waals surface area contributed by atoms with Crippen molar-refractivity contribution >= 4 is 9.84 Å². The van der Waals surface area contributed by atoms with E-state index in [1.165, 1.54) is 6.26 Å². The van der Waals surface area contributed by atoms with Gasteiger partial charge < -0.3 is 5.32 Å². The van der Waals surface area contributed by atoms with Crippen molar-refractivity contribution in [3.05, 3.63) is 0 Å². The highest BCUT2D eigenvalue weighted by Crippen LogP contribution is 2.15. The first kappa shape index (κ1) is 13.9. The SMILES string of the molecule is CCC1CNC(C)CN1C(C)CS(C)(=O)=O. The maximum absolute atomic E-state index is 11.3. The van der Waals surface area contributed by atoms with Crippen LogP contribution in [0.15, 0.2) is 0 Å². The third-order valence-corrected chi connectivity index (χ3v) is 4.32. The van der Waals surface area contributed by atoms with Gasteiger partial charge in [-0.15, -0.1) is 0 Å². The van der Waals surface area contributed by atoms with Crippen molar-refractivity contribution in [3.63, 3.8) is 0 Å². The van der Waals surface area contributed by atoms with Gasteiger partial charge in [-0.25, -0.2) is 8.42 Å². The van der Waals surface area contributed by atoms with Crippen LogP contribution in [-0.4, -0.2) is 56.5 Å². The molecule has 1 saturated heterocycles. The molecule has 1 heterocycles. The highest BCUT2D eigenvalue weighted by molar-refractivity contribution is 7.90. The van der Waals surface area contributed by atoms with Crippen LogP contribution in [0.5, 0.6) is 0 Å². The van der Waals surface area contributed by atoms with Crippen LogP contribution in [0, 0.1) is 0 Å². The Balaban J connectivity index is 2.66. The summed E-state index contributed by atoms with van der Waals surface area (Å²) < 4.78 is 22.6. The van der Waals surface area contributed by atoms with Crippen molar-refractivity contribution < 1.29 is 8.42 Å². The molecule has 5 heteroatoms. The number of sulfone groups is 1. The van der Waals surface area contributed by atoms with E-state index in [-0.39, 0.29) is 11.8 Å². The molecular formula is C11H24N2O2S. The minimum atomic E-state index is -2.88. The van der Waals surface area contributed by atoms with E-state index in [2.05, 4.69) is 24.1 Å². The number of rotatable bonds is 4. The Bertz CT molecular complexity index is 316. The molecule has 1 rings (SSSR count). The fourth-order valence-electron chi connectivity index (χ4n) is 2.44. The van der Waals surface area contributed by atoms with Gasteiger partial charge >= 0.3 is 0 Å². The first-order chi connectivity index (χ1) is 7.33. The average molecular weight is 248 g/mol. The van der Waals surface area contributed by atoms with Gasteiger partial charge in [0.2, 0.25) is 0 Å². The molecule has 0 aliphatic carbocycles. The molecule has 4 nitrogen and oxygen atoms in total. The number of piperazine rings is 1. The number of hydrogen-bond donors (Lipinski definition) is 1. The third-order valence-electron chi connectivity index (χ3n) is 3.24. The van der Waals surface area contributed by atoms with Gasteiger partial charge in [-0.2, -0.15) is 0 Å². The summed E-state index contributed by atoms with van der Waals surface area (Å²) in [4.78, 5) is 2.34. The Hall–Kier alpha value is -0.130. The lowest BCUT2D eigenvalue weighted by molar-refractivity contribution is 0.0998. The summed E-state index contributed by atoms with van der Waals surface area (Å²) in [7, 11) is -2.88. The fraction of sp³-hybridized carbons (Fsp3) is 1.00. The molecule has 0 amide bonds. The van der Waals surface area contributed by atoms with Crippen LogP contribution in [0.1, 0.15) is 27.2 Å². The Morgan fingerprint density at radius 2 is 2.12 bits per heavy atom. The van der Waals surface area contributed by atoms with Gasteiger partial charge in [-0.1, -0.05) is 6.92 Å². The number of nitrogens with one attached hydrogen (secondary N) is 1. The van der Waals surface area contributed by atoms with Crippen LogP contribution < -0.4 is 5.32 Å². The minimum Gasteiger partial charge on any atom is -0.311 e. The quantitative estimate of drug-likeness (QED) is 0.787.